The first-order valence-corrected chi connectivity index (χ1v) is 11.4. The van der Waals surface area contributed by atoms with Crippen molar-refractivity contribution in [3.63, 3.8) is 0 Å². The van der Waals surface area contributed by atoms with Crippen molar-refractivity contribution in [2.45, 2.75) is 18.6 Å². The first-order chi connectivity index (χ1) is 16.7. The van der Waals surface area contributed by atoms with Crippen LogP contribution in [0.15, 0.2) is 85.5 Å². The van der Waals surface area contributed by atoms with Gasteiger partial charge in [0.2, 0.25) is 0 Å². The molecule has 34 heavy (non-hydrogen) atoms. The maximum absolute atomic E-state index is 5.88. The molecule has 1 N–H and O–H groups in total. The molecule has 0 aliphatic carbocycles. The number of rotatable bonds is 7. The van der Waals surface area contributed by atoms with Crippen molar-refractivity contribution in [3.8, 4) is 11.5 Å². The van der Waals surface area contributed by atoms with E-state index in [-0.39, 0.29) is 12.1 Å². The smallest absolute Gasteiger partial charge is 0.174 e. The van der Waals surface area contributed by atoms with Gasteiger partial charge in [-0.2, -0.15) is 0 Å². The van der Waals surface area contributed by atoms with Crippen LogP contribution in [0.25, 0.3) is 0 Å². The zero-order chi connectivity index (χ0) is 23.5. The monoisotopic (exact) mass is 471 g/mol. The standard InChI is InChI=1S/C26H25N5O2S/c1-32-19-10-11-23(33-2)22(15-19)31-25(24(29-26(31)34)20-8-3-4-13-28-20)21-9-6-14-30(21)17-18-7-5-12-27-16-18/h3-16,24-25H,17H2,1-2H3,(H,29,34)/t24-,25-/m1/s1. The Bertz CT molecular complexity index is 1280. The minimum Gasteiger partial charge on any atom is -0.497 e. The Hall–Kier alpha value is -3.91. The van der Waals surface area contributed by atoms with E-state index in [0.717, 1.165) is 28.4 Å². The van der Waals surface area contributed by atoms with Crippen molar-refractivity contribution >= 4 is 23.0 Å². The molecule has 0 amide bonds. The van der Waals surface area contributed by atoms with Crippen LogP contribution < -0.4 is 19.7 Å². The second-order valence-corrected chi connectivity index (χ2v) is 8.34. The van der Waals surface area contributed by atoms with Gasteiger partial charge in [0.25, 0.3) is 0 Å². The third kappa shape index (κ3) is 4.08. The van der Waals surface area contributed by atoms with Gasteiger partial charge in [-0.25, -0.2) is 0 Å². The number of anilines is 1. The maximum Gasteiger partial charge on any atom is 0.174 e. The molecule has 0 bridgehead atoms. The van der Waals surface area contributed by atoms with E-state index in [1.165, 1.54) is 0 Å². The summed E-state index contributed by atoms with van der Waals surface area (Å²) in [4.78, 5) is 11.0. The lowest BCUT2D eigenvalue weighted by Crippen LogP contribution is -2.30. The Morgan fingerprint density at radius 3 is 2.65 bits per heavy atom. The molecule has 0 saturated carbocycles. The lowest BCUT2D eigenvalue weighted by atomic mass is 10.0. The highest BCUT2D eigenvalue weighted by Crippen LogP contribution is 2.45. The fourth-order valence-corrected chi connectivity index (χ4v) is 4.77. The van der Waals surface area contributed by atoms with Crippen molar-refractivity contribution in [3.05, 3.63) is 102 Å². The van der Waals surface area contributed by atoms with Gasteiger partial charge in [-0.05, 0) is 60.2 Å². The van der Waals surface area contributed by atoms with E-state index in [1.54, 1.807) is 26.6 Å². The topological polar surface area (TPSA) is 64.4 Å². The van der Waals surface area contributed by atoms with E-state index < -0.39 is 0 Å². The number of aromatic nitrogens is 3. The van der Waals surface area contributed by atoms with Crippen molar-refractivity contribution in [1.82, 2.24) is 19.9 Å². The third-order valence-electron chi connectivity index (χ3n) is 5.99. The molecule has 2 atom stereocenters. The Kier molecular flexibility index (Phi) is 6.14. The molecule has 0 radical (unpaired) electrons. The van der Waals surface area contributed by atoms with Gasteiger partial charge in [-0.15, -0.1) is 0 Å². The second-order valence-electron chi connectivity index (χ2n) is 7.96. The Labute approximate surface area is 204 Å². The Morgan fingerprint density at radius 2 is 1.91 bits per heavy atom. The number of benzene rings is 1. The fraction of sp³-hybridized carbons (Fsp3) is 0.192. The molecule has 8 heteroatoms. The molecule has 1 aromatic carbocycles. The quantitative estimate of drug-likeness (QED) is 0.398. The van der Waals surface area contributed by atoms with Gasteiger partial charge in [0.1, 0.15) is 17.5 Å². The molecule has 1 fully saturated rings. The number of nitrogens with one attached hydrogen (secondary N) is 1. The van der Waals surface area contributed by atoms with Gasteiger partial charge in [0.15, 0.2) is 5.11 Å². The molecular formula is C26H25N5O2S. The van der Waals surface area contributed by atoms with Gasteiger partial charge >= 0.3 is 0 Å². The molecular weight excluding hydrogens is 446 g/mol. The third-order valence-corrected chi connectivity index (χ3v) is 6.30. The van der Waals surface area contributed by atoms with Crippen LogP contribution in [0.4, 0.5) is 5.69 Å². The van der Waals surface area contributed by atoms with E-state index in [1.807, 2.05) is 48.7 Å². The first-order valence-electron chi connectivity index (χ1n) is 11.0. The lowest BCUT2D eigenvalue weighted by molar-refractivity contribution is 0.402. The van der Waals surface area contributed by atoms with Crippen molar-refractivity contribution < 1.29 is 9.47 Å². The molecule has 4 aromatic rings. The average molecular weight is 472 g/mol. The van der Waals surface area contributed by atoms with E-state index in [4.69, 9.17) is 21.7 Å². The minimum absolute atomic E-state index is 0.160. The van der Waals surface area contributed by atoms with Crippen LogP contribution in [0, 0.1) is 0 Å². The van der Waals surface area contributed by atoms with E-state index in [2.05, 4.69) is 49.1 Å². The molecule has 5 rings (SSSR count). The van der Waals surface area contributed by atoms with Crippen LogP contribution in [0.1, 0.15) is 29.0 Å². The van der Waals surface area contributed by atoms with Crippen molar-refractivity contribution in [2.75, 3.05) is 19.1 Å². The molecule has 172 valence electrons. The first kappa shape index (κ1) is 21.9. The number of hydrogen-bond acceptors (Lipinski definition) is 5. The van der Waals surface area contributed by atoms with Crippen LogP contribution in [0.5, 0.6) is 11.5 Å². The van der Waals surface area contributed by atoms with E-state index in [0.29, 0.717) is 17.4 Å². The Balaban J connectivity index is 1.64. The summed E-state index contributed by atoms with van der Waals surface area (Å²) in [5.41, 5.74) is 3.95. The SMILES string of the molecule is COc1ccc(OC)c(N2C(=S)N[C@H](c3ccccn3)[C@H]2c2cccn2Cc2cccnc2)c1. The Morgan fingerprint density at radius 1 is 1.00 bits per heavy atom. The van der Waals surface area contributed by atoms with Gasteiger partial charge in [-0.3, -0.25) is 9.97 Å². The molecule has 1 aliphatic heterocycles. The largest absolute Gasteiger partial charge is 0.497 e. The molecule has 4 heterocycles. The normalized spacial score (nSPS) is 17.5. The van der Waals surface area contributed by atoms with Crippen LogP contribution in [-0.4, -0.2) is 33.9 Å². The molecule has 3 aromatic heterocycles. The van der Waals surface area contributed by atoms with Crippen LogP contribution in [0.3, 0.4) is 0 Å². The summed E-state index contributed by atoms with van der Waals surface area (Å²) in [7, 11) is 3.31. The van der Waals surface area contributed by atoms with Gasteiger partial charge in [0.05, 0.1) is 31.6 Å². The van der Waals surface area contributed by atoms with Gasteiger partial charge in [0, 0.05) is 43.1 Å². The van der Waals surface area contributed by atoms with E-state index >= 15 is 0 Å². The zero-order valence-electron chi connectivity index (χ0n) is 19.0. The number of thiocarbonyl (C=S) groups is 1. The zero-order valence-corrected chi connectivity index (χ0v) is 19.8. The van der Waals surface area contributed by atoms with Crippen LogP contribution in [0.2, 0.25) is 0 Å². The molecule has 1 aliphatic rings. The highest BCUT2D eigenvalue weighted by Gasteiger charge is 2.43. The summed E-state index contributed by atoms with van der Waals surface area (Å²) in [5.74, 6) is 1.44. The predicted molar refractivity (Wildman–Crippen MR) is 135 cm³/mol. The van der Waals surface area contributed by atoms with E-state index in [9.17, 15) is 0 Å². The summed E-state index contributed by atoms with van der Waals surface area (Å²) >= 11 is 5.88. The summed E-state index contributed by atoms with van der Waals surface area (Å²) in [5, 5.41) is 4.11. The van der Waals surface area contributed by atoms with Crippen molar-refractivity contribution in [1.29, 1.82) is 0 Å². The summed E-state index contributed by atoms with van der Waals surface area (Å²) in [6.07, 6.45) is 7.56. The van der Waals surface area contributed by atoms with Crippen molar-refractivity contribution in [2.24, 2.45) is 0 Å². The van der Waals surface area contributed by atoms with Gasteiger partial charge in [-0.1, -0.05) is 12.1 Å². The molecule has 7 nitrogen and oxygen atoms in total. The number of nitrogens with zero attached hydrogens (tertiary/aromatic N) is 4. The summed E-state index contributed by atoms with van der Waals surface area (Å²) in [6, 6.07) is 19.6. The maximum atomic E-state index is 5.88. The fourth-order valence-electron chi connectivity index (χ4n) is 4.43. The highest BCUT2D eigenvalue weighted by molar-refractivity contribution is 7.80. The number of hydrogen-bond donors (Lipinski definition) is 1. The summed E-state index contributed by atoms with van der Waals surface area (Å²) in [6.45, 7) is 0.692. The number of pyridine rings is 2. The number of methoxy groups -OCH3 is 2. The highest BCUT2D eigenvalue weighted by atomic mass is 32.1. The molecule has 1 saturated heterocycles. The summed E-state index contributed by atoms with van der Waals surface area (Å²) < 4.78 is 13.5. The van der Waals surface area contributed by atoms with Crippen LogP contribution in [-0.2, 0) is 6.54 Å². The average Bonchev–Trinajstić information content (AvgIpc) is 3.48. The number of ether oxygens (including phenoxy) is 2. The van der Waals surface area contributed by atoms with Gasteiger partial charge < -0.3 is 24.3 Å². The lowest BCUT2D eigenvalue weighted by Gasteiger charge is -2.30. The molecule has 0 unspecified atom stereocenters. The second kappa shape index (κ2) is 9.52. The van der Waals surface area contributed by atoms with Crippen LogP contribution >= 0.6 is 12.2 Å². The predicted octanol–water partition coefficient (Wildman–Crippen LogP) is 4.52. The minimum atomic E-state index is -0.171. The molecule has 0 spiro atoms.